The Morgan fingerprint density at radius 3 is 2.08 bits per heavy atom. The van der Waals surface area contributed by atoms with E-state index in [2.05, 4.69) is 5.32 Å². The van der Waals surface area contributed by atoms with Crippen LogP contribution < -0.4 is 5.32 Å². The minimum Gasteiger partial charge on any atom is -0.459 e. The fraction of sp³-hybridized carbons (Fsp3) is 0.333. The first-order valence-electron chi connectivity index (χ1n) is 8.65. The summed E-state index contributed by atoms with van der Waals surface area (Å²) in [5, 5.41) is 2.60. The minimum absolute atomic E-state index is 0.121. The zero-order chi connectivity index (χ0) is 18.9. The van der Waals surface area contributed by atoms with Crippen LogP contribution in [0, 0.1) is 12.8 Å². The van der Waals surface area contributed by atoms with E-state index in [1.165, 1.54) is 0 Å². The van der Waals surface area contributed by atoms with Gasteiger partial charge in [-0.2, -0.15) is 0 Å². The van der Waals surface area contributed by atoms with Gasteiger partial charge < -0.3 is 14.8 Å². The molecule has 2 aromatic carbocycles. The molecule has 26 heavy (non-hydrogen) atoms. The average molecular weight is 355 g/mol. The van der Waals surface area contributed by atoms with E-state index in [9.17, 15) is 9.59 Å². The van der Waals surface area contributed by atoms with Crippen molar-refractivity contribution < 1.29 is 19.1 Å². The van der Waals surface area contributed by atoms with Gasteiger partial charge in [0, 0.05) is 0 Å². The molecule has 0 heterocycles. The van der Waals surface area contributed by atoms with E-state index in [-0.39, 0.29) is 19.1 Å². The molecule has 1 atom stereocenters. The van der Waals surface area contributed by atoms with Gasteiger partial charge in [0.1, 0.15) is 19.3 Å². The van der Waals surface area contributed by atoms with Crippen molar-refractivity contribution in [1.82, 2.24) is 5.32 Å². The van der Waals surface area contributed by atoms with Gasteiger partial charge in [0.05, 0.1) is 0 Å². The summed E-state index contributed by atoms with van der Waals surface area (Å²) in [6.45, 7) is 6.00. The van der Waals surface area contributed by atoms with Gasteiger partial charge in [-0.1, -0.05) is 74.0 Å². The summed E-state index contributed by atoms with van der Waals surface area (Å²) in [6, 6.07) is 16.3. The second-order valence-corrected chi connectivity index (χ2v) is 6.52. The largest absolute Gasteiger partial charge is 0.459 e. The Bertz CT molecular complexity index is 711. The van der Waals surface area contributed by atoms with E-state index < -0.39 is 18.1 Å². The highest BCUT2D eigenvalue weighted by Crippen LogP contribution is 2.09. The van der Waals surface area contributed by atoms with Crippen molar-refractivity contribution in [1.29, 1.82) is 0 Å². The first-order valence-corrected chi connectivity index (χ1v) is 8.65. The fourth-order valence-electron chi connectivity index (χ4n) is 2.32. The van der Waals surface area contributed by atoms with Gasteiger partial charge in [-0.3, -0.25) is 0 Å². The maximum atomic E-state index is 12.3. The van der Waals surface area contributed by atoms with Gasteiger partial charge in [-0.05, 0) is 24.0 Å². The lowest BCUT2D eigenvalue weighted by Gasteiger charge is -2.20. The number of ether oxygens (including phenoxy) is 2. The van der Waals surface area contributed by atoms with E-state index in [0.717, 1.165) is 16.7 Å². The Morgan fingerprint density at radius 1 is 0.885 bits per heavy atom. The summed E-state index contributed by atoms with van der Waals surface area (Å²) in [5.41, 5.74) is 2.92. The third-order valence-electron chi connectivity index (χ3n) is 3.91. The summed E-state index contributed by atoms with van der Waals surface area (Å²) in [6.07, 6.45) is -0.639. The molecule has 0 spiro atoms. The summed E-state index contributed by atoms with van der Waals surface area (Å²) >= 11 is 0. The third kappa shape index (κ3) is 6.24. The van der Waals surface area contributed by atoms with E-state index in [4.69, 9.17) is 9.47 Å². The lowest BCUT2D eigenvalue weighted by atomic mass is 10.1. The van der Waals surface area contributed by atoms with Crippen LogP contribution in [0.3, 0.4) is 0 Å². The number of hydrogen-bond donors (Lipinski definition) is 1. The van der Waals surface area contributed by atoms with Gasteiger partial charge in [0.15, 0.2) is 0 Å². The molecule has 5 heteroatoms. The molecule has 0 fully saturated rings. The molecule has 0 aromatic heterocycles. The second kappa shape index (κ2) is 9.61. The predicted octanol–water partition coefficient (Wildman–Crippen LogP) is 3.99. The lowest BCUT2D eigenvalue weighted by Crippen LogP contribution is -2.45. The Morgan fingerprint density at radius 2 is 1.46 bits per heavy atom. The van der Waals surface area contributed by atoms with Crippen molar-refractivity contribution in [3.63, 3.8) is 0 Å². The normalized spacial score (nSPS) is 11.7. The predicted molar refractivity (Wildman–Crippen MR) is 99.4 cm³/mol. The lowest BCUT2D eigenvalue weighted by molar-refractivity contribution is -0.148. The molecule has 5 nitrogen and oxygen atoms in total. The van der Waals surface area contributed by atoms with E-state index in [1.54, 1.807) is 0 Å². The topological polar surface area (TPSA) is 64.6 Å². The zero-order valence-electron chi connectivity index (χ0n) is 15.4. The van der Waals surface area contributed by atoms with Crippen molar-refractivity contribution >= 4 is 12.1 Å². The average Bonchev–Trinajstić information content (AvgIpc) is 2.64. The Balaban J connectivity index is 1.85. The summed E-state index contributed by atoms with van der Waals surface area (Å²) in [4.78, 5) is 24.3. The maximum absolute atomic E-state index is 12.3. The molecule has 0 saturated heterocycles. The number of benzene rings is 2. The molecular weight excluding hydrogens is 330 g/mol. The van der Waals surface area contributed by atoms with Gasteiger partial charge >= 0.3 is 12.1 Å². The molecule has 0 aliphatic carbocycles. The van der Waals surface area contributed by atoms with Crippen molar-refractivity contribution in [3.8, 4) is 0 Å². The van der Waals surface area contributed by atoms with Crippen molar-refractivity contribution in [3.05, 3.63) is 71.3 Å². The second-order valence-electron chi connectivity index (χ2n) is 6.52. The molecule has 0 aliphatic heterocycles. The number of aryl methyl sites for hydroxylation is 1. The Kier molecular flexibility index (Phi) is 7.21. The van der Waals surface area contributed by atoms with Crippen molar-refractivity contribution in [2.45, 2.75) is 40.0 Å². The molecule has 2 aromatic rings. The first kappa shape index (κ1) is 19.5. The van der Waals surface area contributed by atoms with E-state index in [1.807, 2.05) is 75.4 Å². The van der Waals surface area contributed by atoms with Crippen molar-refractivity contribution in [2.75, 3.05) is 0 Å². The van der Waals surface area contributed by atoms with Crippen LogP contribution >= 0.6 is 0 Å². The molecule has 0 unspecified atom stereocenters. The van der Waals surface area contributed by atoms with E-state index >= 15 is 0 Å². The molecule has 1 N–H and O–H groups in total. The number of carbonyl (C=O) groups excluding carboxylic acids is 2. The smallest absolute Gasteiger partial charge is 0.408 e. The minimum atomic E-state index is -0.760. The van der Waals surface area contributed by atoms with Crippen LogP contribution in [-0.2, 0) is 27.5 Å². The van der Waals surface area contributed by atoms with Gasteiger partial charge in [-0.15, -0.1) is 0 Å². The maximum Gasteiger partial charge on any atom is 0.408 e. The molecular formula is C21H25NO4. The quantitative estimate of drug-likeness (QED) is 0.763. The summed E-state index contributed by atoms with van der Waals surface area (Å²) in [5.74, 6) is -0.595. The number of nitrogens with one attached hydrogen (secondary N) is 1. The number of rotatable bonds is 7. The first-order chi connectivity index (χ1) is 12.5. The highest BCUT2D eigenvalue weighted by Gasteiger charge is 2.26. The van der Waals surface area contributed by atoms with Gasteiger partial charge in [-0.25, -0.2) is 9.59 Å². The SMILES string of the molecule is Cc1ccc(COC(=O)[C@@H](NC(=O)OCc2ccccc2)C(C)C)cc1. The molecule has 0 radical (unpaired) electrons. The monoisotopic (exact) mass is 355 g/mol. The Labute approximate surface area is 154 Å². The van der Waals surface area contributed by atoms with Gasteiger partial charge in [0.2, 0.25) is 0 Å². The Hall–Kier alpha value is -2.82. The van der Waals surface area contributed by atoms with Crippen LogP contribution in [-0.4, -0.2) is 18.1 Å². The summed E-state index contributed by atoms with van der Waals surface area (Å²) < 4.78 is 10.5. The fourth-order valence-corrected chi connectivity index (χ4v) is 2.32. The number of alkyl carbamates (subject to hydrolysis) is 1. The number of hydrogen-bond acceptors (Lipinski definition) is 4. The van der Waals surface area contributed by atoms with E-state index in [0.29, 0.717) is 0 Å². The van der Waals surface area contributed by atoms with Crippen LogP contribution in [0.5, 0.6) is 0 Å². The molecule has 1 amide bonds. The zero-order valence-corrected chi connectivity index (χ0v) is 15.4. The molecule has 2 rings (SSSR count). The van der Waals surface area contributed by atoms with Crippen LogP contribution in [0.15, 0.2) is 54.6 Å². The van der Waals surface area contributed by atoms with Gasteiger partial charge in [0.25, 0.3) is 0 Å². The van der Waals surface area contributed by atoms with Crippen molar-refractivity contribution in [2.24, 2.45) is 5.92 Å². The molecule has 0 saturated carbocycles. The number of esters is 1. The number of carbonyl (C=O) groups is 2. The standard InChI is InChI=1S/C21H25NO4/c1-15(2)19(20(23)25-13-18-11-9-16(3)10-12-18)22-21(24)26-14-17-7-5-4-6-8-17/h4-12,15,19H,13-14H2,1-3H3,(H,22,24)/t19-/m0/s1. The number of amides is 1. The highest BCUT2D eigenvalue weighted by molar-refractivity contribution is 5.81. The van der Waals surface area contributed by atoms with Crippen LogP contribution in [0.2, 0.25) is 0 Å². The van der Waals surface area contributed by atoms with Crippen LogP contribution in [0.1, 0.15) is 30.5 Å². The summed E-state index contributed by atoms with van der Waals surface area (Å²) in [7, 11) is 0. The molecule has 138 valence electrons. The van der Waals surface area contributed by atoms with Crippen LogP contribution in [0.4, 0.5) is 4.79 Å². The van der Waals surface area contributed by atoms with Crippen LogP contribution in [0.25, 0.3) is 0 Å². The highest BCUT2D eigenvalue weighted by atomic mass is 16.6. The third-order valence-corrected chi connectivity index (χ3v) is 3.91. The molecule has 0 aliphatic rings. The molecule has 0 bridgehead atoms.